The first-order chi connectivity index (χ1) is 7.99. The first-order valence-electron chi connectivity index (χ1n) is 5.46. The number of hydrogen-bond acceptors (Lipinski definition) is 1. The predicted octanol–water partition coefficient (Wildman–Crippen LogP) is 3.53. The van der Waals surface area contributed by atoms with Gasteiger partial charge in [0.05, 0.1) is 0 Å². The number of benzene rings is 1. The molecule has 2 aromatic rings. The summed E-state index contributed by atoms with van der Waals surface area (Å²) in [5, 5.41) is 0. The summed E-state index contributed by atoms with van der Waals surface area (Å²) in [6.07, 6.45) is 0. The summed E-state index contributed by atoms with van der Waals surface area (Å²) in [4.78, 5) is 11.4. The van der Waals surface area contributed by atoms with E-state index in [1.807, 2.05) is 13.8 Å². The normalized spacial score (nSPS) is 10.6. The van der Waals surface area contributed by atoms with Crippen molar-refractivity contribution in [3.05, 3.63) is 62.0 Å². The van der Waals surface area contributed by atoms with Gasteiger partial charge < -0.3 is 4.57 Å². The minimum absolute atomic E-state index is 0.0578. The van der Waals surface area contributed by atoms with Crippen molar-refractivity contribution in [3.8, 4) is 5.69 Å². The molecule has 0 aliphatic rings. The molecular formula is C14H14BrNO. The summed E-state index contributed by atoms with van der Waals surface area (Å²) in [5.74, 6) is 0. The molecule has 3 heteroatoms. The predicted molar refractivity (Wildman–Crippen MR) is 74.0 cm³/mol. The number of pyridine rings is 1. The third-order valence-electron chi connectivity index (χ3n) is 2.82. The van der Waals surface area contributed by atoms with Crippen LogP contribution in [0, 0.1) is 20.8 Å². The fourth-order valence-corrected chi connectivity index (χ4v) is 2.36. The molecule has 0 unspecified atom stereocenters. The highest BCUT2D eigenvalue weighted by Gasteiger charge is 2.05. The summed E-state index contributed by atoms with van der Waals surface area (Å²) >= 11 is 3.53. The van der Waals surface area contributed by atoms with E-state index in [4.69, 9.17) is 0 Å². The highest BCUT2D eigenvalue weighted by atomic mass is 79.9. The van der Waals surface area contributed by atoms with Gasteiger partial charge in [0, 0.05) is 33.7 Å². The van der Waals surface area contributed by atoms with Gasteiger partial charge in [0.25, 0.3) is 0 Å². The highest BCUT2D eigenvalue weighted by Crippen LogP contribution is 2.21. The van der Waals surface area contributed by atoms with Crippen LogP contribution >= 0.6 is 15.9 Å². The quantitative estimate of drug-likeness (QED) is 0.788. The van der Waals surface area contributed by atoms with Crippen molar-refractivity contribution in [1.82, 2.24) is 4.57 Å². The molecule has 0 fully saturated rings. The van der Waals surface area contributed by atoms with E-state index in [0.717, 1.165) is 21.5 Å². The molecular weight excluding hydrogens is 278 g/mol. The van der Waals surface area contributed by atoms with Crippen molar-refractivity contribution in [2.45, 2.75) is 20.8 Å². The van der Waals surface area contributed by atoms with E-state index in [1.54, 1.807) is 12.1 Å². The second-order valence-electron chi connectivity index (χ2n) is 4.24. The molecule has 0 N–H and O–H groups in total. The Morgan fingerprint density at radius 3 is 2.12 bits per heavy atom. The Labute approximate surface area is 109 Å². The van der Waals surface area contributed by atoms with Crippen molar-refractivity contribution in [2.75, 3.05) is 0 Å². The van der Waals surface area contributed by atoms with E-state index in [9.17, 15) is 4.79 Å². The van der Waals surface area contributed by atoms with Crippen molar-refractivity contribution < 1.29 is 0 Å². The van der Waals surface area contributed by atoms with Crippen LogP contribution in [0.25, 0.3) is 5.69 Å². The molecule has 1 aromatic heterocycles. The SMILES string of the molecule is Cc1ccc(-n2c(C)cc(=O)cc2C)cc1Br. The average molecular weight is 292 g/mol. The van der Waals surface area contributed by atoms with Gasteiger partial charge in [0.15, 0.2) is 5.43 Å². The largest absolute Gasteiger partial charge is 0.318 e. The van der Waals surface area contributed by atoms with Gasteiger partial charge in [0.1, 0.15) is 0 Å². The first-order valence-corrected chi connectivity index (χ1v) is 6.25. The van der Waals surface area contributed by atoms with Crippen LogP contribution in [0.2, 0.25) is 0 Å². The van der Waals surface area contributed by atoms with Gasteiger partial charge in [-0.3, -0.25) is 4.79 Å². The molecule has 2 rings (SSSR count). The zero-order chi connectivity index (χ0) is 12.6. The van der Waals surface area contributed by atoms with Crippen molar-refractivity contribution in [2.24, 2.45) is 0 Å². The fourth-order valence-electron chi connectivity index (χ4n) is 1.99. The molecule has 17 heavy (non-hydrogen) atoms. The lowest BCUT2D eigenvalue weighted by Crippen LogP contribution is -2.11. The van der Waals surface area contributed by atoms with Crippen molar-refractivity contribution in [3.63, 3.8) is 0 Å². The summed E-state index contributed by atoms with van der Waals surface area (Å²) in [7, 11) is 0. The van der Waals surface area contributed by atoms with Gasteiger partial charge in [-0.1, -0.05) is 22.0 Å². The Kier molecular flexibility index (Phi) is 3.20. The number of rotatable bonds is 1. The summed E-state index contributed by atoms with van der Waals surface area (Å²) in [6, 6.07) is 9.50. The molecule has 0 spiro atoms. The summed E-state index contributed by atoms with van der Waals surface area (Å²) < 4.78 is 3.15. The van der Waals surface area contributed by atoms with E-state index in [0.29, 0.717) is 0 Å². The van der Waals surface area contributed by atoms with Gasteiger partial charge in [-0.15, -0.1) is 0 Å². The minimum atomic E-state index is 0.0578. The third kappa shape index (κ3) is 2.34. The number of hydrogen-bond donors (Lipinski definition) is 0. The smallest absolute Gasteiger partial charge is 0.182 e. The van der Waals surface area contributed by atoms with Crippen LogP contribution in [0.1, 0.15) is 17.0 Å². The van der Waals surface area contributed by atoms with Gasteiger partial charge >= 0.3 is 0 Å². The van der Waals surface area contributed by atoms with E-state index in [2.05, 4.69) is 45.6 Å². The molecule has 0 amide bonds. The van der Waals surface area contributed by atoms with Gasteiger partial charge in [-0.05, 0) is 38.5 Å². The lowest BCUT2D eigenvalue weighted by Gasteiger charge is -2.15. The molecule has 88 valence electrons. The molecule has 0 aliphatic heterocycles. The first kappa shape index (κ1) is 12.1. The van der Waals surface area contributed by atoms with Crippen LogP contribution < -0.4 is 5.43 Å². The Morgan fingerprint density at radius 1 is 1.00 bits per heavy atom. The number of nitrogens with zero attached hydrogens (tertiary/aromatic N) is 1. The van der Waals surface area contributed by atoms with Gasteiger partial charge in [-0.2, -0.15) is 0 Å². The van der Waals surface area contributed by atoms with Crippen LogP contribution in [0.15, 0.2) is 39.6 Å². The highest BCUT2D eigenvalue weighted by molar-refractivity contribution is 9.10. The van der Waals surface area contributed by atoms with Crippen LogP contribution in [-0.2, 0) is 0 Å². The molecule has 0 aliphatic carbocycles. The van der Waals surface area contributed by atoms with Crippen LogP contribution in [0.5, 0.6) is 0 Å². The summed E-state index contributed by atoms with van der Waals surface area (Å²) in [6.45, 7) is 5.95. The van der Waals surface area contributed by atoms with Crippen LogP contribution in [-0.4, -0.2) is 4.57 Å². The molecule has 0 radical (unpaired) electrons. The van der Waals surface area contributed by atoms with Crippen LogP contribution in [0.4, 0.5) is 0 Å². The van der Waals surface area contributed by atoms with E-state index >= 15 is 0 Å². The standard InChI is InChI=1S/C14H14BrNO/c1-9-4-5-12(8-14(9)15)16-10(2)6-13(17)7-11(16)3/h4-8H,1-3H3. The lowest BCUT2D eigenvalue weighted by molar-refractivity contribution is 0.920. The van der Waals surface area contributed by atoms with Crippen molar-refractivity contribution in [1.29, 1.82) is 0 Å². The van der Waals surface area contributed by atoms with Gasteiger partial charge in [0.2, 0.25) is 0 Å². The topological polar surface area (TPSA) is 22.0 Å². The van der Waals surface area contributed by atoms with E-state index in [-0.39, 0.29) is 5.43 Å². The fraction of sp³-hybridized carbons (Fsp3) is 0.214. The lowest BCUT2D eigenvalue weighted by atomic mass is 10.2. The Morgan fingerprint density at radius 2 is 1.59 bits per heavy atom. The third-order valence-corrected chi connectivity index (χ3v) is 3.68. The molecule has 1 aromatic carbocycles. The monoisotopic (exact) mass is 291 g/mol. The number of aryl methyl sites for hydroxylation is 3. The molecule has 0 saturated heterocycles. The maximum Gasteiger partial charge on any atom is 0.182 e. The van der Waals surface area contributed by atoms with Crippen molar-refractivity contribution >= 4 is 15.9 Å². The zero-order valence-corrected chi connectivity index (χ0v) is 11.7. The summed E-state index contributed by atoms with van der Waals surface area (Å²) in [5.41, 5.74) is 4.22. The maximum absolute atomic E-state index is 11.4. The average Bonchev–Trinajstić information content (AvgIpc) is 2.21. The van der Waals surface area contributed by atoms with Crippen LogP contribution in [0.3, 0.4) is 0 Å². The molecule has 1 heterocycles. The Bertz CT molecular complexity index is 602. The molecule has 0 atom stereocenters. The van der Waals surface area contributed by atoms with E-state index in [1.165, 1.54) is 5.56 Å². The Hall–Kier alpha value is -1.35. The number of halogens is 1. The Balaban J connectivity index is 2.68. The second kappa shape index (κ2) is 4.49. The second-order valence-corrected chi connectivity index (χ2v) is 5.10. The molecule has 0 bridgehead atoms. The zero-order valence-electron chi connectivity index (χ0n) is 10.1. The molecule has 2 nitrogen and oxygen atoms in total. The molecule has 0 saturated carbocycles. The van der Waals surface area contributed by atoms with Gasteiger partial charge in [-0.25, -0.2) is 0 Å². The maximum atomic E-state index is 11.4. The van der Waals surface area contributed by atoms with E-state index < -0.39 is 0 Å². The minimum Gasteiger partial charge on any atom is -0.318 e. The number of aromatic nitrogens is 1.